The summed E-state index contributed by atoms with van der Waals surface area (Å²) in [7, 11) is 0. The Balaban J connectivity index is 1.61. The van der Waals surface area contributed by atoms with Crippen LogP contribution in [0.1, 0.15) is 19.4 Å². The fraction of sp³-hybridized carbons (Fsp3) is 0.348. The van der Waals surface area contributed by atoms with E-state index in [1.807, 2.05) is 49.1 Å². The van der Waals surface area contributed by atoms with Crippen LogP contribution >= 0.6 is 0 Å². The van der Waals surface area contributed by atoms with Crippen molar-refractivity contribution in [2.75, 3.05) is 49.8 Å². The van der Waals surface area contributed by atoms with Crippen molar-refractivity contribution in [3.05, 3.63) is 47.9 Å². The molecule has 168 valence electrons. The number of fused-ring (bicyclic) bond motifs is 1. The minimum Gasteiger partial charge on any atom is -0.494 e. The second-order valence-corrected chi connectivity index (χ2v) is 7.06. The van der Waals surface area contributed by atoms with Gasteiger partial charge in [-0.2, -0.15) is 10.1 Å². The van der Waals surface area contributed by atoms with Crippen molar-refractivity contribution >= 4 is 28.8 Å². The number of hydrazone groups is 1. The summed E-state index contributed by atoms with van der Waals surface area (Å²) in [5.41, 5.74) is 3.61. The lowest BCUT2D eigenvalue weighted by atomic mass is 10.0. The predicted molar refractivity (Wildman–Crippen MR) is 123 cm³/mol. The molecule has 0 aliphatic carbocycles. The monoisotopic (exact) mass is 439 g/mol. The molecule has 0 saturated carbocycles. The van der Waals surface area contributed by atoms with Gasteiger partial charge in [0.05, 0.1) is 38.8 Å². The molecule has 8 nitrogen and oxygen atoms in total. The summed E-state index contributed by atoms with van der Waals surface area (Å²) < 4.78 is 31.0. The number of halogens is 1. The van der Waals surface area contributed by atoms with Gasteiger partial charge in [-0.05, 0) is 42.8 Å². The molecule has 2 heterocycles. The number of rotatable bonds is 8. The first-order valence-corrected chi connectivity index (χ1v) is 10.7. The molecule has 0 unspecified atom stereocenters. The van der Waals surface area contributed by atoms with Crippen LogP contribution in [0.5, 0.6) is 11.5 Å². The van der Waals surface area contributed by atoms with Crippen molar-refractivity contribution in [2.24, 2.45) is 5.10 Å². The first-order valence-electron chi connectivity index (χ1n) is 10.7. The molecule has 2 aromatic carbocycles. The fourth-order valence-corrected chi connectivity index (χ4v) is 3.54. The highest BCUT2D eigenvalue weighted by Gasteiger charge is 2.17. The zero-order valence-corrected chi connectivity index (χ0v) is 18.2. The molecule has 1 aromatic heterocycles. The summed E-state index contributed by atoms with van der Waals surface area (Å²) in [4.78, 5) is 10.1. The van der Waals surface area contributed by atoms with Crippen molar-refractivity contribution in [1.29, 1.82) is 0 Å². The second kappa shape index (κ2) is 10.2. The third kappa shape index (κ3) is 4.88. The highest BCUT2D eigenvalue weighted by molar-refractivity contribution is 6.03. The molecule has 1 aliphatic rings. The molecular weight excluding hydrogens is 413 g/mol. The third-order valence-electron chi connectivity index (χ3n) is 5.00. The van der Waals surface area contributed by atoms with E-state index in [-0.39, 0.29) is 11.8 Å². The molecule has 0 atom stereocenters. The number of morpholine rings is 1. The van der Waals surface area contributed by atoms with Gasteiger partial charge in [-0.3, -0.25) is 0 Å². The Bertz CT molecular complexity index is 1100. The van der Waals surface area contributed by atoms with E-state index in [2.05, 4.69) is 20.5 Å². The number of nitrogens with one attached hydrogen (secondary N) is 1. The molecule has 1 fully saturated rings. The Morgan fingerprint density at radius 2 is 1.94 bits per heavy atom. The quantitative estimate of drug-likeness (QED) is 0.422. The van der Waals surface area contributed by atoms with Gasteiger partial charge in [-0.15, -0.1) is 0 Å². The number of benzene rings is 2. The molecule has 0 radical (unpaired) electrons. The highest BCUT2D eigenvalue weighted by atomic mass is 19.1. The summed E-state index contributed by atoms with van der Waals surface area (Å²) in [6.45, 7) is 7.20. The van der Waals surface area contributed by atoms with Gasteiger partial charge in [-0.1, -0.05) is 12.1 Å². The largest absolute Gasteiger partial charge is 0.494 e. The van der Waals surface area contributed by atoms with Crippen molar-refractivity contribution in [2.45, 2.75) is 13.8 Å². The Kier molecular flexibility index (Phi) is 6.96. The Morgan fingerprint density at radius 1 is 1.16 bits per heavy atom. The van der Waals surface area contributed by atoms with Crippen LogP contribution in [0, 0.1) is 5.82 Å². The van der Waals surface area contributed by atoms with Crippen molar-refractivity contribution in [1.82, 2.24) is 9.97 Å². The van der Waals surface area contributed by atoms with Gasteiger partial charge < -0.3 is 19.1 Å². The molecule has 3 aromatic rings. The smallest absolute Gasteiger partial charge is 0.245 e. The number of hydrogen-bond donors (Lipinski definition) is 1. The van der Waals surface area contributed by atoms with Gasteiger partial charge in [0.2, 0.25) is 5.95 Å². The van der Waals surface area contributed by atoms with Gasteiger partial charge in [0.15, 0.2) is 11.6 Å². The average molecular weight is 439 g/mol. The molecule has 0 spiro atoms. The van der Waals surface area contributed by atoms with Crippen molar-refractivity contribution in [3.63, 3.8) is 0 Å². The number of nitrogens with zero attached hydrogens (tertiary/aromatic N) is 4. The molecule has 4 rings (SSSR count). The lowest BCUT2D eigenvalue weighted by Crippen LogP contribution is -2.37. The standard InChI is InChI=1S/C23H26FN5O3/c1-3-31-17-7-5-16-6-8-21(32-4-2)19(18(16)13-17)14-26-28-23-25-15-20(24)22(27-23)29-9-11-30-12-10-29/h5-8,13-15H,3-4,9-12H2,1-2H3,(H,25,27,28). The van der Waals surface area contributed by atoms with E-state index in [1.165, 1.54) is 0 Å². The van der Waals surface area contributed by atoms with Crippen LogP contribution < -0.4 is 19.8 Å². The normalized spacial score (nSPS) is 14.2. The fourth-order valence-electron chi connectivity index (χ4n) is 3.54. The Labute approximate surface area is 186 Å². The van der Waals surface area contributed by atoms with Crippen LogP contribution in [0.25, 0.3) is 10.8 Å². The SMILES string of the molecule is CCOc1ccc2ccc(OCC)c(C=NNc3ncc(F)c(N4CCOCC4)n3)c2c1. The third-order valence-corrected chi connectivity index (χ3v) is 5.00. The van der Waals surface area contributed by atoms with Crippen molar-refractivity contribution in [3.8, 4) is 11.5 Å². The second-order valence-electron chi connectivity index (χ2n) is 7.06. The number of ether oxygens (including phenoxy) is 3. The Morgan fingerprint density at radius 3 is 2.72 bits per heavy atom. The van der Waals surface area contributed by atoms with Crippen LogP contribution in [0.3, 0.4) is 0 Å². The van der Waals surface area contributed by atoms with Crippen LogP contribution in [0.15, 0.2) is 41.6 Å². The summed E-state index contributed by atoms with van der Waals surface area (Å²) in [5.74, 6) is 1.44. The van der Waals surface area contributed by atoms with E-state index < -0.39 is 5.82 Å². The van der Waals surface area contributed by atoms with Gasteiger partial charge in [0.25, 0.3) is 0 Å². The maximum atomic E-state index is 14.3. The molecule has 1 aliphatic heterocycles. The average Bonchev–Trinajstić information content (AvgIpc) is 2.82. The number of aromatic nitrogens is 2. The van der Waals surface area contributed by atoms with E-state index >= 15 is 0 Å². The summed E-state index contributed by atoms with van der Waals surface area (Å²) >= 11 is 0. The predicted octanol–water partition coefficient (Wildman–Crippen LogP) is 3.85. The molecular formula is C23H26FN5O3. The van der Waals surface area contributed by atoms with E-state index in [1.54, 1.807) is 6.21 Å². The van der Waals surface area contributed by atoms with Crippen molar-refractivity contribution < 1.29 is 18.6 Å². The highest BCUT2D eigenvalue weighted by Crippen LogP contribution is 2.30. The van der Waals surface area contributed by atoms with E-state index in [0.29, 0.717) is 45.3 Å². The summed E-state index contributed by atoms with van der Waals surface area (Å²) in [6, 6.07) is 9.81. The minimum atomic E-state index is -0.474. The van der Waals surface area contributed by atoms with Gasteiger partial charge in [0, 0.05) is 18.7 Å². The molecule has 32 heavy (non-hydrogen) atoms. The van der Waals surface area contributed by atoms with Crippen LogP contribution in [0.4, 0.5) is 16.2 Å². The van der Waals surface area contributed by atoms with Crippen LogP contribution in [0.2, 0.25) is 0 Å². The topological polar surface area (TPSA) is 81.1 Å². The van der Waals surface area contributed by atoms with Gasteiger partial charge in [-0.25, -0.2) is 14.8 Å². The number of anilines is 2. The molecule has 9 heteroatoms. The minimum absolute atomic E-state index is 0.206. The zero-order chi connectivity index (χ0) is 22.3. The van der Waals surface area contributed by atoms with Crippen LogP contribution in [-0.4, -0.2) is 55.7 Å². The molecule has 1 saturated heterocycles. The lowest BCUT2D eigenvalue weighted by molar-refractivity contribution is 0.122. The van der Waals surface area contributed by atoms with Crippen LogP contribution in [-0.2, 0) is 4.74 Å². The maximum absolute atomic E-state index is 14.3. The van der Waals surface area contributed by atoms with E-state index in [4.69, 9.17) is 14.2 Å². The molecule has 1 N–H and O–H groups in total. The zero-order valence-electron chi connectivity index (χ0n) is 18.2. The van der Waals surface area contributed by atoms with E-state index in [0.717, 1.165) is 28.3 Å². The summed E-state index contributed by atoms with van der Waals surface area (Å²) in [5, 5.41) is 6.29. The Hall–Kier alpha value is -3.46. The number of hydrogen-bond acceptors (Lipinski definition) is 8. The van der Waals surface area contributed by atoms with E-state index in [9.17, 15) is 4.39 Å². The first-order chi connectivity index (χ1) is 15.7. The maximum Gasteiger partial charge on any atom is 0.245 e. The molecule has 0 bridgehead atoms. The molecule has 0 amide bonds. The van der Waals surface area contributed by atoms with Gasteiger partial charge in [0.1, 0.15) is 11.5 Å². The van der Waals surface area contributed by atoms with Gasteiger partial charge >= 0.3 is 0 Å². The first kappa shape index (κ1) is 21.8. The summed E-state index contributed by atoms with van der Waals surface area (Å²) in [6.07, 6.45) is 2.80. The lowest BCUT2D eigenvalue weighted by Gasteiger charge is -2.27.